The number of hydrogen-bond donors (Lipinski definition) is 1. The lowest BCUT2D eigenvalue weighted by Gasteiger charge is -2.25. The summed E-state index contributed by atoms with van der Waals surface area (Å²) in [5, 5.41) is 7.41. The van der Waals surface area contributed by atoms with E-state index in [9.17, 15) is 9.59 Å². The van der Waals surface area contributed by atoms with E-state index in [-0.39, 0.29) is 30.3 Å². The summed E-state index contributed by atoms with van der Waals surface area (Å²) in [6.45, 7) is 6.70. The van der Waals surface area contributed by atoms with Crippen molar-refractivity contribution in [2.45, 2.75) is 64.7 Å². The van der Waals surface area contributed by atoms with Gasteiger partial charge in [-0.25, -0.2) is 0 Å². The molecule has 0 aromatic carbocycles. The molecule has 21 heavy (non-hydrogen) atoms. The first-order chi connectivity index (χ1) is 10.1. The first-order valence-electron chi connectivity index (χ1n) is 7.66. The van der Waals surface area contributed by atoms with Crippen LogP contribution in [0.4, 0.5) is 0 Å². The average molecular weight is 292 g/mol. The van der Waals surface area contributed by atoms with Crippen molar-refractivity contribution in [2.24, 2.45) is 0 Å². The second kappa shape index (κ2) is 6.85. The second-order valence-corrected chi connectivity index (χ2v) is 5.62. The summed E-state index contributed by atoms with van der Waals surface area (Å²) < 4.78 is 1.82. The van der Waals surface area contributed by atoms with Crippen LogP contribution in [0.25, 0.3) is 0 Å². The van der Waals surface area contributed by atoms with Crippen molar-refractivity contribution in [3.63, 3.8) is 0 Å². The van der Waals surface area contributed by atoms with Gasteiger partial charge in [0.1, 0.15) is 0 Å². The molecule has 116 valence electrons. The van der Waals surface area contributed by atoms with E-state index >= 15 is 0 Å². The fourth-order valence-electron chi connectivity index (χ4n) is 2.90. The Balaban J connectivity index is 1.95. The molecule has 0 aliphatic carbocycles. The van der Waals surface area contributed by atoms with Gasteiger partial charge in [0, 0.05) is 24.5 Å². The third-order valence-corrected chi connectivity index (χ3v) is 4.00. The van der Waals surface area contributed by atoms with Crippen LogP contribution in [0.5, 0.6) is 0 Å². The highest BCUT2D eigenvalue weighted by molar-refractivity contribution is 6.05. The van der Waals surface area contributed by atoms with E-state index in [1.54, 1.807) is 6.20 Å². The largest absolute Gasteiger partial charge is 0.301 e. The Morgan fingerprint density at radius 2 is 2.10 bits per heavy atom. The van der Waals surface area contributed by atoms with E-state index in [1.807, 2.05) is 37.7 Å². The van der Waals surface area contributed by atoms with E-state index < -0.39 is 6.04 Å². The number of hydrogen-bond acceptors (Lipinski definition) is 4. The van der Waals surface area contributed by atoms with Gasteiger partial charge in [-0.1, -0.05) is 13.8 Å². The van der Waals surface area contributed by atoms with Crippen molar-refractivity contribution in [3.8, 4) is 0 Å². The topological polar surface area (TPSA) is 67.2 Å². The minimum absolute atomic E-state index is 0.0261. The van der Waals surface area contributed by atoms with Crippen molar-refractivity contribution in [2.75, 3.05) is 0 Å². The van der Waals surface area contributed by atoms with Crippen LogP contribution >= 0.6 is 0 Å². The first-order valence-corrected chi connectivity index (χ1v) is 7.66. The Kier molecular flexibility index (Phi) is 5.12. The molecule has 1 aromatic heterocycles. The van der Waals surface area contributed by atoms with Gasteiger partial charge in [-0.2, -0.15) is 5.10 Å². The van der Waals surface area contributed by atoms with Gasteiger partial charge < -0.3 is 5.32 Å². The SMILES string of the molecule is CCC(CC)N1C(=O)CC(NC(C)Cn2cccn2)C1=O. The number of rotatable bonds is 7. The minimum atomic E-state index is -0.399. The maximum Gasteiger partial charge on any atom is 0.247 e. The highest BCUT2D eigenvalue weighted by Crippen LogP contribution is 2.20. The van der Waals surface area contributed by atoms with E-state index in [2.05, 4.69) is 10.4 Å². The lowest BCUT2D eigenvalue weighted by atomic mass is 10.1. The predicted molar refractivity (Wildman–Crippen MR) is 79.5 cm³/mol. The molecular formula is C15H24N4O2. The van der Waals surface area contributed by atoms with Crippen LogP contribution in [-0.2, 0) is 16.1 Å². The highest BCUT2D eigenvalue weighted by atomic mass is 16.2. The zero-order chi connectivity index (χ0) is 15.4. The van der Waals surface area contributed by atoms with Crippen molar-refractivity contribution in [3.05, 3.63) is 18.5 Å². The normalized spacial score (nSPS) is 20.6. The molecule has 2 heterocycles. The zero-order valence-electron chi connectivity index (χ0n) is 13.0. The highest BCUT2D eigenvalue weighted by Gasteiger charge is 2.41. The number of imide groups is 1. The molecule has 0 spiro atoms. The lowest BCUT2D eigenvalue weighted by Crippen LogP contribution is -2.46. The summed E-state index contributed by atoms with van der Waals surface area (Å²) in [6, 6.07) is 1.57. The lowest BCUT2D eigenvalue weighted by molar-refractivity contribution is -0.141. The third kappa shape index (κ3) is 3.50. The fraction of sp³-hybridized carbons (Fsp3) is 0.667. The van der Waals surface area contributed by atoms with Crippen LogP contribution in [0.3, 0.4) is 0 Å². The Labute approximate surface area is 125 Å². The van der Waals surface area contributed by atoms with Crippen molar-refractivity contribution >= 4 is 11.8 Å². The molecule has 1 saturated heterocycles. The smallest absolute Gasteiger partial charge is 0.247 e. The molecule has 6 heteroatoms. The number of nitrogens with one attached hydrogen (secondary N) is 1. The molecule has 1 aliphatic heterocycles. The molecule has 0 radical (unpaired) electrons. The van der Waals surface area contributed by atoms with Crippen LogP contribution in [-0.4, -0.2) is 44.6 Å². The standard InChI is InChI=1S/C15H24N4O2/c1-4-12(5-2)19-14(20)9-13(15(19)21)17-11(3)10-18-8-6-7-16-18/h6-8,11-13,17H,4-5,9-10H2,1-3H3. The summed E-state index contributed by atoms with van der Waals surface area (Å²) in [5.41, 5.74) is 0. The van der Waals surface area contributed by atoms with Crippen LogP contribution in [0.15, 0.2) is 18.5 Å². The molecule has 2 rings (SSSR count). The predicted octanol–water partition coefficient (Wildman–Crippen LogP) is 1.18. The minimum Gasteiger partial charge on any atom is -0.301 e. The Morgan fingerprint density at radius 1 is 1.38 bits per heavy atom. The van der Waals surface area contributed by atoms with Gasteiger partial charge in [0.25, 0.3) is 0 Å². The maximum absolute atomic E-state index is 12.4. The summed E-state index contributed by atoms with van der Waals surface area (Å²) in [5.74, 6) is -0.140. The second-order valence-electron chi connectivity index (χ2n) is 5.62. The number of likely N-dealkylation sites (tertiary alicyclic amines) is 1. The van der Waals surface area contributed by atoms with Crippen molar-refractivity contribution in [1.82, 2.24) is 20.0 Å². The molecule has 6 nitrogen and oxygen atoms in total. The number of aromatic nitrogens is 2. The van der Waals surface area contributed by atoms with Crippen LogP contribution in [0.2, 0.25) is 0 Å². The van der Waals surface area contributed by atoms with Gasteiger partial charge in [-0.15, -0.1) is 0 Å². The molecule has 0 saturated carbocycles. The summed E-state index contributed by atoms with van der Waals surface area (Å²) >= 11 is 0. The third-order valence-electron chi connectivity index (χ3n) is 4.00. The molecule has 1 aromatic rings. The quantitative estimate of drug-likeness (QED) is 0.766. The molecule has 1 N–H and O–H groups in total. The van der Waals surface area contributed by atoms with Gasteiger partial charge in [0.2, 0.25) is 11.8 Å². The molecular weight excluding hydrogens is 268 g/mol. The number of carbonyl (C=O) groups excluding carboxylic acids is 2. The summed E-state index contributed by atoms with van der Waals surface area (Å²) in [4.78, 5) is 26.0. The van der Waals surface area contributed by atoms with Crippen LogP contribution < -0.4 is 5.32 Å². The molecule has 2 atom stereocenters. The van der Waals surface area contributed by atoms with Crippen molar-refractivity contribution in [1.29, 1.82) is 0 Å². The van der Waals surface area contributed by atoms with Gasteiger partial charge in [-0.3, -0.25) is 19.2 Å². The Morgan fingerprint density at radius 3 is 2.67 bits per heavy atom. The molecule has 0 bridgehead atoms. The van der Waals surface area contributed by atoms with E-state index in [4.69, 9.17) is 0 Å². The first kappa shape index (κ1) is 15.7. The number of carbonyl (C=O) groups is 2. The molecule has 2 amide bonds. The monoisotopic (exact) mass is 292 g/mol. The van der Waals surface area contributed by atoms with Gasteiger partial charge in [-0.05, 0) is 25.8 Å². The van der Waals surface area contributed by atoms with Crippen LogP contribution in [0.1, 0.15) is 40.0 Å². The molecule has 1 fully saturated rings. The van der Waals surface area contributed by atoms with Gasteiger partial charge in [0.15, 0.2) is 0 Å². The fourth-order valence-corrected chi connectivity index (χ4v) is 2.90. The summed E-state index contributed by atoms with van der Waals surface area (Å²) in [6.07, 6.45) is 5.49. The van der Waals surface area contributed by atoms with E-state index in [0.717, 1.165) is 12.8 Å². The Hall–Kier alpha value is -1.69. The van der Waals surface area contributed by atoms with Gasteiger partial charge in [0.05, 0.1) is 19.0 Å². The zero-order valence-corrected chi connectivity index (χ0v) is 13.0. The van der Waals surface area contributed by atoms with E-state index in [1.165, 1.54) is 4.90 Å². The Bertz CT molecular complexity index is 482. The number of amides is 2. The summed E-state index contributed by atoms with van der Waals surface area (Å²) in [7, 11) is 0. The van der Waals surface area contributed by atoms with Crippen molar-refractivity contribution < 1.29 is 9.59 Å². The van der Waals surface area contributed by atoms with E-state index in [0.29, 0.717) is 6.54 Å². The average Bonchev–Trinajstić information content (AvgIpc) is 3.03. The maximum atomic E-state index is 12.4. The van der Waals surface area contributed by atoms with Crippen LogP contribution in [0, 0.1) is 0 Å². The van der Waals surface area contributed by atoms with Gasteiger partial charge >= 0.3 is 0 Å². The number of nitrogens with zero attached hydrogens (tertiary/aromatic N) is 3. The molecule has 1 aliphatic rings. The molecule has 2 unspecified atom stereocenters.